The maximum atomic E-state index is 12.2. The number of anilines is 1. The Balaban J connectivity index is 1.93. The lowest BCUT2D eigenvalue weighted by atomic mass is 10.1. The van der Waals surface area contributed by atoms with Crippen LogP contribution in [0.1, 0.15) is 42.1 Å². The number of nitrogens with one attached hydrogen (secondary N) is 1. The predicted molar refractivity (Wildman–Crippen MR) is 87.3 cm³/mol. The molecule has 1 aliphatic heterocycles. The van der Waals surface area contributed by atoms with Crippen LogP contribution in [0, 0.1) is 6.92 Å². The van der Waals surface area contributed by atoms with E-state index in [0.717, 1.165) is 31.4 Å². The zero-order chi connectivity index (χ0) is 16.8. The molecule has 2 unspecified atom stereocenters. The SMILES string of the molecule is Cc1cccc(NC(=O)C(C)OCC2CCCCO2)c1C(N)=O. The molecule has 0 radical (unpaired) electrons. The van der Waals surface area contributed by atoms with Gasteiger partial charge in [0.25, 0.3) is 11.8 Å². The molecule has 6 nitrogen and oxygen atoms in total. The summed E-state index contributed by atoms with van der Waals surface area (Å²) in [6, 6.07) is 5.19. The Morgan fingerprint density at radius 2 is 2.22 bits per heavy atom. The second kappa shape index (κ2) is 8.08. The topological polar surface area (TPSA) is 90.7 Å². The fourth-order valence-electron chi connectivity index (χ4n) is 2.60. The third-order valence-corrected chi connectivity index (χ3v) is 3.95. The number of ether oxygens (including phenoxy) is 2. The van der Waals surface area contributed by atoms with Gasteiger partial charge in [0.15, 0.2) is 0 Å². The first-order chi connectivity index (χ1) is 11.0. The summed E-state index contributed by atoms with van der Waals surface area (Å²) in [6.45, 7) is 4.60. The smallest absolute Gasteiger partial charge is 0.253 e. The van der Waals surface area contributed by atoms with E-state index >= 15 is 0 Å². The summed E-state index contributed by atoms with van der Waals surface area (Å²) in [4.78, 5) is 23.8. The van der Waals surface area contributed by atoms with E-state index in [2.05, 4.69) is 5.32 Å². The summed E-state index contributed by atoms with van der Waals surface area (Å²) in [7, 11) is 0. The minimum atomic E-state index is -0.637. The van der Waals surface area contributed by atoms with Crippen molar-refractivity contribution in [3.05, 3.63) is 29.3 Å². The van der Waals surface area contributed by atoms with Crippen molar-refractivity contribution in [2.45, 2.75) is 45.3 Å². The van der Waals surface area contributed by atoms with Crippen LogP contribution in [0.3, 0.4) is 0 Å². The highest BCUT2D eigenvalue weighted by atomic mass is 16.5. The Morgan fingerprint density at radius 3 is 2.87 bits per heavy atom. The number of carbonyl (C=O) groups is 2. The fraction of sp³-hybridized carbons (Fsp3) is 0.529. The Hall–Kier alpha value is -1.92. The normalized spacial score (nSPS) is 19.1. The van der Waals surface area contributed by atoms with Crippen molar-refractivity contribution in [3.8, 4) is 0 Å². The number of primary amides is 1. The van der Waals surface area contributed by atoms with Crippen LogP contribution < -0.4 is 11.1 Å². The summed E-state index contributed by atoms with van der Waals surface area (Å²) in [6.07, 6.45) is 2.58. The number of rotatable bonds is 6. The summed E-state index contributed by atoms with van der Waals surface area (Å²) in [5.74, 6) is -0.878. The van der Waals surface area contributed by atoms with Crippen molar-refractivity contribution in [2.75, 3.05) is 18.5 Å². The van der Waals surface area contributed by atoms with Crippen LogP contribution in [-0.4, -0.2) is 37.2 Å². The number of hydrogen-bond acceptors (Lipinski definition) is 4. The number of benzene rings is 1. The first-order valence-electron chi connectivity index (χ1n) is 7.92. The van der Waals surface area contributed by atoms with Gasteiger partial charge in [-0.3, -0.25) is 9.59 Å². The third kappa shape index (κ3) is 4.77. The fourth-order valence-corrected chi connectivity index (χ4v) is 2.60. The van der Waals surface area contributed by atoms with Gasteiger partial charge in [-0.15, -0.1) is 0 Å². The second-order valence-corrected chi connectivity index (χ2v) is 5.82. The highest BCUT2D eigenvalue weighted by molar-refractivity contribution is 6.04. The highest BCUT2D eigenvalue weighted by Crippen LogP contribution is 2.19. The Labute approximate surface area is 136 Å². The predicted octanol–water partition coefficient (Wildman–Crippen LogP) is 2.01. The molecule has 2 atom stereocenters. The van der Waals surface area contributed by atoms with Crippen LogP contribution in [0.2, 0.25) is 0 Å². The second-order valence-electron chi connectivity index (χ2n) is 5.82. The van der Waals surface area contributed by atoms with E-state index in [1.54, 1.807) is 32.0 Å². The molecule has 1 saturated heterocycles. The van der Waals surface area contributed by atoms with E-state index in [0.29, 0.717) is 17.9 Å². The van der Waals surface area contributed by atoms with Crippen molar-refractivity contribution in [2.24, 2.45) is 5.73 Å². The van der Waals surface area contributed by atoms with Crippen LogP contribution in [0.15, 0.2) is 18.2 Å². The molecular formula is C17H24N2O4. The average Bonchev–Trinajstić information content (AvgIpc) is 2.53. The summed E-state index contributed by atoms with van der Waals surface area (Å²) in [5, 5.41) is 2.71. The molecule has 0 spiro atoms. The van der Waals surface area contributed by atoms with Gasteiger partial charge in [-0.2, -0.15) is 0 Å². The molecule has 6 heteroatoms. The van der Waals surface area contributed by atoms with Crippen LogP contribution in [0.25, 0.3) is 0 Å². The number of carbonyl (C=O) groups excluding carboxylic acids is 2. The van der Waals surface area contributed by atoms with Crippen molar-refractivity contribution in [3.63, 3.8) is 0 Å². The van der Waals surface area contributed by atoms with Gasteiger partial charge in [0, 0.05) is 6.61 Å². The third-order valence-electron chi connectivity index (χ3n) is 3.95. The number of amides is 2. The summed E-state index contributed by atoms with van der Waals surface area (Å²) < 4.78 is 11.2. The molecule has 2 rings (SSSR count). The minimum Gasteiger partial charge on any atom is -0.376 e. The zero-order valence-corrected chi connectivity index (χ0v) is 13.6. The quantitative estimate of drug-likeness (QED) is 0.839. The Morgan fingerprint density at radius 1 is 1.43 bits per heavy atom. The molecule has 2 amide bonds. The minimum absolute atomic E-state index is 0.0548. The Bertz CT molecular complexity index is 568. The largest absolute Gasteiger partial charge is 0.376 e. The van der Waals surface area contributed by atoms with E-state index in [4.69, 9.17) is 15.2 Å². The number of hydrogen-bond donors (Lipinski definition) is 2. The lowest BCUT2D eigenvalue weighted by Gasteiger charge is -2.24. The molecule has 1 aromatic rings. The van der Waals surface area contributed by atoms with Crippen LogP contribution in [-0.2, 0) is 14.3 Å². The lowest BCUT2D eigenvalue weighted by Crippen LogP contribution is -2.33. The van der Waals surface area contributed by atoms with Crippen molar-refractivity contribution >= 4 is 17.5 Å². The highest BCUT2D eigenvalue weighted by Gasteiger charge is 2.20. The zero-order valence-electron chi connectivity index (χ0n) is 13.6. The molecule has 0 aliphatic carbocycles. The Kier molecular flexibility index (Phi) is 6.12. The van der Waals surface area contributed by atoms with Gasteiger partial charge in [0.05, 0.1) is 24.0 Å². The van der Waals surface area contributed by atoms with Crippen LogP contribution in [0.5, 0.6) is 0 Å². The van der Waals surface area contributed by atoms with Gasteiger partial charge >= 0.3 is 0 Å². The summed E-state index contributed by atoms with van der Waals surface area (Å²) in [5.41, 5.74) is 6.84. The van der Waals surface area contributed by atoms with Gasteiger partial charge in [-0.05, 0) is 44.7 Å². The van der Waals surface area contributed by atoms with Gasteiger partial charge < -0.3 is 20.5 Å². The molecule has 0 aromatic heterocycles. The van der Waals surface area contributed by atoms with E-state index in [1.165, 1.54) is 0 Å². The first kappa shape index (κ1) is 17.4. The molecule has 1 aliphatic rings. The van der Waals surface area contributed by atoms with Gasteiger partial charge in [0.1, 0.15) is 6.10 Å². The summed E-state index contributed by atoms with van der Waals surface area (Å²) >= 11 is 0. The molecule has 1 aromatic carbocycles. The standard InChI is InChI=1S/C17H24N2O4/c1-11-6-5-8-14(15(11)16(18)20)19-17(21)12(2)23-10-13-7-3-4-9-22-13/h5-6,8,12-13H,3-4,7,9-10H2,1-2H3,(H2,18,20)(H,19,21). The molecule has 1 heterocycles. The van der Waals surface area contributed by atoms with E-state index in [-0.39, 0.29) is 12.0 Å². The monoisotopic (exact) mass is 320 g/mol. The molecule has 0 bridgehead atoms. The van der Waals surface area contributed by atoms with Crippen molar-refractivity contribution in [1.82, 2.24) is 0 Å². The van der Waals surface area contributed by atoms with E-state index in [1.807, 2.05) is 0 Å². The van der Waals surface area contributed by atoms with Gasteiger partial charge in [-0.25, -0.2) is 0 Å². The molecule has 3 N–H and O–H groups in total. The van der Waals surface area contributed by atoms with Gasteiger partial charge in [0.2, 0.25) is 0 Å². The van der Waals surface area contributed by atoms with E-state index < -0.39 is 12.0 Å². The van der Waals surface area contributed by atoms with Gasteiger partial charge in [-0.1, -0.05) is 12.1 Å². The maximum Gasteiger partial charge on any atom is 0.253 e. The van der Waals surface area contributed by atoms with E-state index in [9.17, 15) is 9.59 Å². The number of nitrogens with two attached hydrogens (primary N) is 1. The van der Waals surface area contributed by atoms with Crippen molar-refractivity contribution < 1.29 is 19.1 Å². The maximum absolute atomic E-state index is 12.2. The van der Waals surface area contributed by atoms with Crippen LogP contribution in [0.4, 0.5) is 5.69 Å². The molecule has 23 heavy (non-hydrogen) atoms. The van der Waals surface area contributed by atoms with Crippen LogP contribution >= 0.6 is 0 Å². The average molecular weight is 320 g/mol. The molecular weight excluding hydrogens is 296 g/mol. The molecule has 0 saturated carbocycles. The first-order valence-corrected chi connectivity index (χ1v) is 7.92. The molecule has 126 valence electrons. The van der Waals surface area contributed by atoms with Crippen molar-refractivity contribution in [1.29, 1.82) is 0 Å². The molecule has 1 fully saturated rings. The lowest BCUT2D eigenvalue weighted by molar-refractivity contribution is -0.130. The number of aryl methyl sites for hydroxylation is 1.